The van der Waals surface area contributed by atoms with Gasteiger partial charge in [-0.3, -0.25) is 4.79 Å². The van der Waals surface area contributed by atoms with Crippen molar-refractivity contribution in [2.75, 3.05) is 7.05 Å². The minimum Gasteiger partial charge on any atom is -0.358 e. The highest BCUT2D eigenvalue weighted by Gasteiger charge is 2.27. The summed E-state index contributed by atoms with van der Waals surface area (Å²) >= 11 is 4.16. The summed E-state index contributed by atoms with van der Waals surface area (Å²) in [4.78, 5) is 10.9. The molecule has 0 saturated heterocycles. The number of hydrogen-bond donors (Lipinski definition) is 3. The fourth-order valence-electron chi connectivity index (χ4n) is 1.01. The average Bonchev–Trinajstić information content (AvgIpc) is 2.27. The SMILES string of the molecule is CNC(=O)C(N)C(C)(C)S.Cc1ccccc1. The molecule has 0 aliphatic rings. The van der Waals surface area contributed by atoms with E-state index in [4.69, 9.17) is 5.73 Å². The molecule has 4 heteroatoms. The molecule has 0 radical (unpaired) electrons. The Morgan fingerprint density at radius 2 is 1.82 bits per heavy atom. The summed E-state index contributed by atoms with van der Waals surface area (Å²) < 4.78 is -0.458. The van der Waals surface area contributed by atoms with E-state index in [9.17, 15) is 4.79 Å². The van der Waals surface area contributed by atoms with E-state index >= 15 is 0 Å². The zero-order valence-electron chi connectivity index (χ0n) is 10.9. The Bertz CT molecular complexity index is 333. The van der Waals surface area contributed by atoms with Crippen LogP contribution in [0.2, 0.25) is 0 Å². The summed E-state index contributed by atoms with van der Waals surface area (Å²) in [6.45, 7) is 5.69. The van der Waals surface area contributed by atoms with Gasteiger partial charge in [-0.15, -0.1) is 0 Å². The van der Waals surface area contributed by atoms with Crippen LogP contribution in [-0.2, 0) is 4.79 Å². The van der Waals surface area contributed by atoms with E-state index in [1.807, 2.05) is 18.2 Å². The second-order valence-corrected chi connectivity index (χ2v) is 5.55. The molecule has 96 valence electrons. The van der Waals surface area contributed by atoms with Gasteiger partial charge < -0.3 is 11.1 Å². The van der Waals surface area contributed by atoms with Crippen molar-refractivity contribution in [2.45, 2.75) is 31.6 Å². The molecule has 1 aromatic rings. The van der Waals surface area contributed by atoms with Crippen LogP contribution < -0.4 is 11.1 Å². The van der Waals surface area contributed by atoms with E-state index < -0.39 is 10.8 Å². The van der Waals surface area contributed by atoms with Crippen molar-refractivity contribution < 1.29 is 4.79 Å². The van der Waals surface area contributed by atoms with Crippen LogP contribution in [0.5, 0.6) is 0 Å². The number of hydrogen-bond acceptors (Lipinski definition) is 3. The highest BCUT2D eigenvalue weighted by Crippen LogP contribution is 2.15. The maximum atomic E-state index is 10.9. The van der Waals surface area contributed by atoms with Gasteiger partial charge in [-0.05, 0) is 20.8 Å². The molecule has 3 N–H and O–H groups in total. The smallest absolute Gasteiger partial charge is 0.238 e. The van der Waals surface area contributed by atoms with Gasteiger partial charge in [-0.2, -0.15) is 12.6 Å². The lowest BCUT2D eigenvalue weighted by atomic mass is 10.0. The third-order valence-corrected chi connectivity index (χ3v) is 2.51. The number of benzene rings is 1. The molecule has 0 aromatic heterocycles. The molecule has 17 heavy (non-hydrogen) atoms. The minimum atomic E-state index is -0.555. The van der Waals surface area contributed by atoms with Gasteiger partial charge in [0.1, 0.15) is 0 Å². The fourth-order valence-corrected chi connectivity index (χ4v) is 1.13. The van der Waals surface area contributed by atoms with Crippen LogP contribution in [0.15, 0.2) is 30.3 Å². The van der Waals surface area contributed by atoms with E-state index in [1.54, 1.807) is 20.9 Å². The molecule has 3 nitrogen and oxygen atoms in total. The zero-order chi connectivity index (χ0) is 13.5. The Labute approximate surface area is 109 Å². The topological polar surface area (TPSA) is 55.1 Å². The molecule has 0 aliphatic carbocycles. The second kappa shape index (κ2) is 7.35. The predicted molar refractivity (Wildman–Crippen MR) is 76.3 cm³/mol. The van der Waals surface area contributed by atoms with Gasteiger partial charge >= 0.3 is 0 Å². The van der Waals surface area contributed by atoms with Gasteiger partial charge in [-0.25, -0.2) is 0 Å². The molecule has 0 heterocycles. The first kappa shape index (κ1) is 16.0. The van der Waals surface area contributed by atoms with Crippen LogP contribution in [0.4, 0.5) is 0 Å². The van der Waals surface area contributed by atoms with E-state index in [1.165, 1.54) is 5.56 Å². The lowest BCUT2D eigenvalue weighted by Gasteiger charge is -2.23. The maximum Gasteiger partial charge on any atom is 0.238 e. The first-order valence-corrected chi connectivity index (χ1v) is 5.95. The third-order valence-electron chi connectivity index (χ3n) is 2.23. The first-order chi connectivity index (χ1) is 7.79. The van der Waals surface area contributed by atoms with Crippen molar-refractivity contribution in [3.05, 3.63) is 35.9 Å². The number of carbonyl (C=O) groups excluding carboxylic acids is 1. The maximum absolute atomic E-state index is 10.9. The molecule has 1 unspecified atom stereocenters. The Hall–Kier alpha value is -1.00. The molecule has 0 aliphatic heterocycles. The summed E-state index contributed by atoms with van der Waals surface area (Å²) in [7, 11) is 1.56. The monoisotopic (exact) mass is 254 g/mol. The van der Waals surface area contributed by atoms with Crippen LogP contribution in [0.1, 0.15) is 19.4 Å². The number of nitrogens with two attached hydrogens (primary N) is 1. The van der Waals surface area contributed by atoms with Crippen LogP contribution >= 0.6 is 12.6 Å². The standard InChI is InChI=1S/C7H8.C6H14N2OS/c1-7-5-3-2-4-6-7;1-6(2,10)4(7)5(9)8-3/h2-6H,1H3;4,10H,7H2,1-3H3,(H,8,9). The van der Waals surface area contributed by atoms with Crippen LogP contribution in [0, 0.1) is 6.92 Å². The van der Waals surface area contributed by atoms with Crippen molar-refractivity contribution in [3.8, 4) is 0 Å². The number of rotatable bonds is 2. The van der Waals surface area contributed by atoms with Crippen LogP contribution in [0.25, 0.3) is 0 Å². The largest absolute Gasteiger partial charge is 0.358 e. The molecule has 1 amide bonds. The van der Waals surface area contributed by atoms with Crippen LogP contribution in [0.3, 0.4) is 0 Å². The number of carbonyl (C=O) groups is 1. The van der Waals surface area contributed by atoms with Gasteiger partial charge in [0.25, 0.3) is 0 Å². The third kappa shape index (κ3) is 7.02. The van der Waals surface area contributed by atoms with E-state index in [0.717, 1.165) is 0 Å². The molecule has 1 aromatic carbocycles. The molecule has 0 spiro atoms. The second-order valence-electron chi connectivity index (χ2n) is 4.40. The predicted octanol–water partition coefficient (Wildman–Crippen LogP) is 1.76. The van der Waals surface area contributed by atoms with Crippen molar-refractivity contribution in [1.29, 1.82) is 0 Å². The van der Waals surface area contributed by atoms with Crippen molar-refractivity contribution in [1.82, 2.24) is 5.32 Å². The first-order valence-electron chi connectivity index (χ1n) is 5.50. The molecule has 1 rings (SSSR count). The summed E-state index contributed by atoms with van der Waals surface area (Å²) in [6, 6.07) is 9.71. The molecule has 0 saturated carbocycles. The van der Waals surface area contributed by atoms with E-state index in [-0.39, 0.29) is 5.91 Å². The quantitative estimate of drug-likeness (QED) is 0.704. The lowest BCUT2D eigenvalue weighted by molar-refractivity contribution is -0.122. The molecule has 0 fully saturated rings. The van der Waals surface area contributed by atoms with E-state index in [0.29, 0.717) is 0 Å². The summed E-state index contributed by atoms with van der Waals surface area (Å²) in [6.07, 6.45) is 0. The average molecular weight is 254 g/mol. The summed E-state index contributed by atoms with van der Waals surface area (Å²) in [5.74, 6) is -0.181. The normalized spacial score (nSPS) is 12.1. The summed E-state index contributed by atoms with van der Waals surface area (Å²) in [5, 5.41) is 2.46. The molecular weight excluding hydrogens is 232 g/mol. The number of thiol groups is 1. The van der Waals surface area contributed by atoms with Crippen molar-refractivity contribution in [2.24, 2.45) is 5.73 Å². The molecular formula is C13H22N2OS. The van der Waals surface area contributed by atoms with Crippen LogP contribution in [-0.4, -0.2) is 23.7 Å². The molecule has 1 atom stereocenters. The highest BCUT2D eigenvalue weighted by atomic mass is 32.1. The zero-order valence-corrected chi connectivity index (χ0v) is 11.8. The number of amides is 1. The summed E-state index contributed by atoms with van der Waals surface area (Å²) in [5.41, 5.74) is 6.84. The lowest BCUT2D eigenvalue weighted by Crippen LogP contribution is -2.49. The van der Waals surface area contributed by atoms with Crippen molar-refractivity contribution >= 4 is 18.5 Å². The minimum absolute atomic E-state index is 0.181. The Balaban J connectivity index is 0.000000318. The Morgan fingerprint density at radius 3 is 2.00 bits per heavy atom. The number of aryl methyl sites for hydroxylation is 1. The Kier molecular flexibility index (Phi) is 6.92. The number of likely N-dealkylation sites (N-methyl/N-ethyl adjacent to an activating group) is 1. The number of nitrogens with one attached hydrogen (secondary N) is 1. The Morgan fingerprint density at radius 1 is 1.35 bits per heavy atom. The fraction of sp³-hybridized carbons (Fsp3) is 0.462. The van der Waals surface area contributed by atoms with Crippen molar-refractivity contribution in [3.63, 3.8) is 0 Å². The highest BCUT2D eigenvalue weighted by molar-refractivity contribution is 7.81. The van der Waals surface area contributed by atoms with E-state index in [2.05, 4.69) is 37.0 Å². The van der Waals surface area contributed by atoms with Gasteiger partial charge in [0.2, 0.25) is 5.91 Å². The van der Waals surface area contributed by atoms with Gasteiger partial charge in [0.15, 0.2) is 0 Å². The van der Waals surface area contributed by atoms with Gasteiger partial charge in [0, 0.05) is 11.8 Å². The van der Waals surface area contributed by atoms with Gasteiger partial charge in [-0.1, -0.05) is 35.9 Å². The van der Waals surface area contributed by atoms with Gasteiger partial charge in [0.05, 0.1) is 6.04 Å². The molecule has 0 bridgehead atoms.